The Morgan fingerprint density at radius 3 is 1.77 bits per heavy atom. The van der Waals surface area contributed by atoms with Gasteiger partial charge in [0, 0.05) is 12.2 Å². The maximum atomic E-state index is 13.8. The maximum Gasteiger partial charge on any atom is 0.250 e. The highest BCUT2D eigenvalue weighted by atomic mass is 28.4. The molecule has 0 bridgehead atoms. The van der Waals surface area contributed by atoms with Crippen molar-refractivity contribution in [3.05, 3.63) is 95.6 Å². The van der Waals surface area contributed by atoms with Crippen LogP contribution in [0.2, 0.25) is 36.3 Å². The van der Waals surface area contributed by atoms with Gasteiger partial charge in [0.15, 0.2) is 8.32 Å². The zero-order valence-corrected chi connectivity index (χ0v) is 29.8. The van der Waals surface area contributed by atoms with Crippen LogP contribution in [0.25, 0.3) is 0 Å². The van der Waals surface area contributed by atoms with Gasteiger partial charge in [0.1, 0.15) is 23.4 Å². The van der Waals surface area contributed by atoms with Crippen molar-refractivity contribution in [1.82, 2.24) is 5.32 Å². The highest BCUT2D eigenvalue weighted by Crippen LogP contribution is 2.43. The zero-order chi connectivity index (χ0) is 32.7. The van der Waals surface area contributed by atoms with Gasteiger partial charge in [0.25, 0.3) is 0 Å². The van der Waals surface area contributed by atoms with Crippen LogP contribution in [-0.2, 0) is 9.22 Å². The average molecular weight is 639 g/mol. The van der Waals surface area contributed by atoms with Gasteiger partial charge in [0.05, 0.1) is 12.1 Å². The molecule has 3 unspecified atom stereocenters. The van der Waals surface area contributed by atoms with Crippen molar-refractivity contribution in [3.63, 3.8) is 0 Å². The number of halogens is 2. The molecule has 1 amide bonds. The third-order valence-corrected chi connectivity index (χ3v) is 18.5. The molecule has 1 aliphatic rings. The van der Waals surface area contributed by atoms with Crippen LogP contribution in [0.5, 0.6) is 5.75 Å². The van der Waals surface area contributed by atoms with Crippen molar-refractivity contribution in [1.29, 1.82) is 0 Å². The topological polar surface area (TPSA) is 50.8 Å². The molecule has 1 fully saturated rings. The lowest BCUT2D eigenvalue weighted by Crippen LogP contribution is -2.65. The van der Waals surface area contributed by atoms with Crippen LogP contribution >= 0.6 is 0 Å². The number of benzene rings is 3. The number of rotatable bonds is 10. The fourth-order valence-corrected chi connectivity index (χ4v) is 7.09. The van der Waals surface area contributed by atoms with Gasteiger partial charge in [0.2, 0.25) is 14.2 Å². The number of hydrogen-bond acceptors (Lipinski definition) is 4. The highest BCUT2D eigenvalue weighted by Gasteiger charge is 2.49. The SMILES string of the molecule is CC(C)(C)[Si](C)(C)Oc1ccc(C2C(NCC(O[Si](C)(C)C(C)(C)C)c3ccc(F)cc3)C(=O)N2c2ccc(F)cc2)cc1. The van der Waals surface area contributed by atoms with E-state index in [-0.39, 0.29) is 39.8 Å². The summed E-state index contributed by atoms with van der Waals surface area (Å²) < 4.78 is 40.9. The van der Waals surface area contributed by atoms with E-state index in [4.69, 9.17) is 8.85 Å². The molecule has 5 nitrogen and oxygen atoms in total. The number of anilines is 1. The first-order chi connectivity index (χ1) is 20.3. The summed E-state index contributed by atoms with van der Waals surface area (Å²) in [5.41, 5.74) is 2.43. The van der Waals surface area contributed by atoms with E-state index < -0.39 is 22.7 Å². The molecule has 238 valence electrons. The van der Waals surface area contributed by atoms with E-state index in [0.717, 1.165) is 16.9 Å². The fourth-order valence-electron chi connectivity index (χ4n) is 4.77. The molecule has 0 radical (unpaired) electrons. The Morgan fingerprint density at radius 1 is 0.773 bits per heavy atom. The average Bonchev–Trinajstić information content (AvgIpc) is 2.91. The fraction of sp³-hybridized carbons (Fsp3) is 0.457. The van der Waals surface area contributed by atoms with E-state index in [2.05, 4.69) is 73.0 Å². The monoisotopic (exact) mass is 638 g/mol. The van der Waals surface area contributed by atoms with Gasteiger partial charge in [-0.15, -0.1) is 0 Å². The number of hydrogen-bond donors (Lipinski definition) is 1. The lowest BCUT2D eigenvalue weighted by Gasteiger charge is -2.48. The first-order valence-electron chi connectivity index (χ1n) is 15.3. The van der Waals surface area contributed by atoms with Gasteiger partial charge in [-0.1, -0.05) is 65.8 Å². The molecule has 0 aliphatic carbocycles. The van der Waals surface area contributed by atoms with E-state index in [9.17, 15) is 13.6 Å². The summed E-state index contributed by atoms with van der Waals surface area (Å²) in [5, 5.41) is 3.53. The molecule has 3 aromatic carbocycles. The molecular formula is C35H48F2N2O3Si2. The summed E-state index contributed by atoms with van der Waals surface area (Å²) in [4.78, 5) is 15.4. The number of amides is 1. The molecule has 1 heterocycles. The standard InChI is InChI=1S/C35H48F2N2O3Si2/c1-34(2,3)43(7,8)41-29-21-13-25(14-22-29)32-31(33(40)39(32)28-19-17-27(37)18-20-28)38-23-30(24-11-15-26(36)16-12-24)42-44(9,10)35(4,5)6/h11-22,30-32,38H,23H2,1-10H3. The Kier molecular flexibility index (Phi) is 9.67. The summed E-state index contributed by atoms with van der Waals surface area (Å²) in [7, 11) is -4.23. The number of nitrogens with one attached hydrogen (secondary N) is 1. The van der Waals surface area contributed by atoms with Gasteiger partial charge < -0.3 is 19.1 Å². The Bertz CT molecular complexity index is 1430. The molecule has 9 heteroatoms. The van der Waals surface area contributed by atoms with Gasteiger partial charge in [-0.25, -0.2) is 8.78 Å². The zero-order valence-electron chi connectivity index (χ0n) is 27.8. The summed E-state index contributed by atoms with van der Waals surface area (Å²) in [6.45, 7) is 22.3. The Balaban J connectivity index is 1.63. The normalized spacial score (nSPS) is 18.6. The van der Waals surface area contributed by atoms with Crippen LogP contribution in [0, 0.1) is 11.6 Å². The third kappa shape index (κ3) is 7.33. The van der Waals surface area contributed by atoms with Crippen LogP contribution in [0.15, 0.2) is 72.8 Å². The first kappa shape index (κ1) is 34.0. The first-order valence-corrected chi connectivity index (χ1v) is 21.2. The van der Waals surface area contributed by atoms with Crippen molar-refractivity contribution in [3.8, 4) is 5.75 Å². The van der Waals surface area contributed by atoms with E-state index in [1.807, 2.05) is 24.3 Å². The third-order valence-electron chi connectivity index (χ3n) is 9.61. The smallest absolute Gasteiger partial charge is 0.250 e. The van der Waals surface area contributed by atoms with E-state index in [1.54, 1.807) is 29.2 Å². The van der Waals surface area contributed by atoms with Crippen LogP contribution in [0.3, 0.4) is 0 Å². The Labute approximate surface area is 264 Å². The van der Waals surface area contributed by atoms with Gasteiger partial charge in [-0.2, -0.15) is 0 Å². The van der Waals surface area contributed by atoms with E-state index in [0.29, 0.717) is 12.2 Å². The van der Waals surface area contributed by atoms with Crippen LogP contribution in [0.4, 0.5) is 14.5 Å². The Hall–Kier alpha value is -2.86. The molecule has 44 heavy (non-hydrogen) atoms. The predicted octanol–water partition coefficient (Wildman–Crippen LogP) is 9.16. The number of carbonyl (C=O) groups excluding carboxylic acids is 1. The minimum absolute atomic E-state index is 0.0340. The summed E-state index contributed by atoms with van der Waals surface area (Å²) in [6, 6.07) is 19.5. The molecular weight excluding hydrogens is 591 g/mol. The molecule has 0 spiro atoms. The summed E-state index contributed by atoms with van der Waals surface area (Å²) in [6.07, 6.45) is -0.370. The van der Waals surface area contributed by atoms with Gasteiger partial charge >= 0.3 is 0 Å². The van der Waals surface area contributed by atoms with Crippen molar-refractivity contribution < 1.29 is 22.4 Å². The minimum Gasteiger partial charge on any atom is -0.544 e. The molecule has 1 saturated heterocycles. The van der Waals surface area contributed by atoms with Crippen molar-refractivity contribution >= 4 is 28.2 Å². The van der Waals surface area contributed by atoms with Crippen LogP contribution in [-0.4, -0.2) is 35.1 Å². The van der Waals surface area contributed by atoms with Crippen molar-refractivity contribution in [2.75, 3.05) is 11.4 Å². The predicted molar refractivity (Wildman–Crippen MR) is 180 cm³/mol. The lowest BCUT2D eigenvalue weighted by atomic mass is 9.87. The van der Waals surface area contributed by atoms with Gasteiger partial charge in [-0.05, 0) is 95.9 Å². The van der Waals surface area contributed by atoms with Crippen molar-refractivity contribution in [2.24, 2.45) is 0 Å². The van der Waals surface area contributed by atoms with E-state index >= 15 is 0 Å². The molecule has 0 aromatic heterocycles. The second kappa shape index (κ2) is 12.5. The largest absolute Gasteiger partial charge is 0.544 e. The maximum absolute atomic E-state index is 13.8. The number of β-lactam (4-membered cyclic amide) rings is 1. The quantitative estimate of drug-likeness (QED) is 0.178. The molecule has 3 aromatic rings. The number of nitrogens with zero attached hydrogens (tertiary/aromatic N) is 1. The molecule has 0 saturated carbocycles. The second-order valence-corrected chi connectivity index (χ2v) is 24.3. The molecule has 1 N–H and O–H groups in total. The van der Waals surface area contributed by atoms with Crippen LogP contribution < -0.4 is 14.6 Å². The van der Waals surface area contributed by atoms with Crippen molar-refractivity contribution in [2.45, 2.75) is 96.0 Å². The molecule has 3 atom stereocenters. The highest BCUT2D eigenvalue weighted by molar-refractivity contribution is 6.75. The Morgan fingerprint density at radius 2 is 1.27 bits per heavy atom. The van der Waals surface area contributed by atoms with E-state index in [1.165, 1.54) is 24.3 Å². The van der Waals surface area contributed by atoms with Gasteiger partial charge in [-0.3, -0.25) is 4.79 Å². The second-order valence-electron chi connectivity index (χ2n) is 14.9. The molecule has 4 rings (SSSR count). The summed E-state index contributed by atoms with van der Waals surface area (Å²) in [5.74, 6) is 0.0410. The summed E-state index contributed by atoms with van der Waals surface area (Å²) >= 11 is 0. The molecule has 1 aliphatic heterocycles. The van der Waals surface area contributed by atoms with Crippen LogP contribution in [0.1, 0.15) is 64.8 Å². The minimum atomic E-state index is -2.21. The number of carbonyl (C=O) groups is 1. The lowest BCUT2D eigenvalue weighted by molar-refractivity contribution is -0.127.